The summed E-state index contributed by atoms with van der Waals surface area (Å²) in [6, 6.07) is 5.79. The second-order valence-corrected chi connectivity index (χ2v) is 5.29. The Balaban J connectivity index is 2.13. The quantitative estimate of drug-likeness (QED) is 0.453. The summed E-state index contributed by atoms with van der Waals surface area (Å²) >= 11 is 0. The molecule has 0 aromatic heterocycles. The van der Waals surface area contributed by atoms with Crippen LogP contribution in [0.3, 0.4) is 0 Å². The Kier molecular flexibility index (Phi) is 4.80. The second-order valence-electron chi connectivity index (χ2n) is 5.29. The molecule has 21 heavy (non-hydrogen) atoms. The van der Waals surface area contributed by atoms with Crippen LogP contribution in [0, 0.1) is 0 Å². The van der Waals surface area contributed by atoms with Crippen LogP contribution in [0.25, 0.3) is 0 Å². The summed E-state index contributed by atoms with van der Waals surface area (Å²) in [5.74, 6) is 0.424. The molecule has 6 heteroatoms. The number of amidine groups is 1. The fraction of sp³-hybridized carbons (Fsp3) is 0.467. The van der Waals surface area contributed by atoms with Crippen molar-refractivity contribution in [2.24, 2.45) is 4.99 Å². The van der Waals surface area contributed by atoms with E-state index in [1.54, 1.807) is 7.05 Å². The number of hydrogen-bond acceptors (Lipinski definition) is 4. The van der Waals surface area contributed by atoms with Crippen molar-refractivity contribution < 1.29 is 14.7 Å². The number of aryl methyl sites for hydroxylation is 1. The number of amides is 1. The number of hydroxylamine groups is 1. The summed E-state index contributed by atoms with van der Waals surface area (Å²) in [6.45, 7) is 3.64. The molecule has 0 saturated carbocycles. The smallest absolute Gasteiger partial charge is 0.407 e. The third kappa shape index (κ3) is 3.52. The lowest BCUT2D eigenvalue weighted by atomic mass is 10.0. The molecule has 2 rings (SSSR count). The summed E-state index contributed by atoms with van der Waals surface area (Å²) in [5.41, 5.74) is 5.15. The van der Waals surface area contributed by atoms with Gasteiger partial charge in [-0.05, 0) is 43.9 Å². The average Bonchev–Trinajstić information content (AvgIpc) is 2.82. The van der Waals surface area contributed by atoms with Gasteiger partial charge in [0.05, 0.1) is 12.1 Å². The highest BCUT2D eigenvalue weighted by Gasteiger charge is 2.25. The minimum absolute atomic E-state index is 0.0237. The van der Waals surface area contributed by atoms with Crippen LogP contribution < -0.4 is 10.8 Å². The van der Waals surface area contributed by atoms with Gasteiger partial charge in [-0.3, -0.25) is 15.7 Å². The molecule has 0 radical (unpaired) electrons. The molecule has 114 valence electrons. The van der Waals surface area contributed by atoms with E-state index in [1.165, 1.54) is 0 Å². The molecule has 0 saturated heterocycles. The molecule has 1 amide bonds. The van der Waals surface area contributed by atoms with Gasteiger partial charge >= 0.3 is 6.09 Å². The molecule has 0 bridgehead atoms. The minimum atomic E-state index is -0.389. The van der Waals surface area contributed by atoms with Gasteiger partial charge in [-0.25, -0.2) is 4.79 Å². The van der Waals surface area contributed by atoms with Crippen molar-refractivity contribution in [1.29, 1.82) is 0 Å². The molecule has 1 aliphatic carbocycles. The summed E-state index contributed by atoms with van der Waals surface area (Å²) in [4.78, 5) is 15.7. The molecule has 3 N–H and O–H groups in total. The van der Waals surface area contributed by atoms with E-state index in [4.69, 9.17) is 9.94 Å². The zero-order valence-corrected chi connectivity index (χ0v) is 12.5. The van der Waals surface area contributed by atoms with E-state index in [0.717, 1.165) is 29.5 Å². The van der Waals surface area contributed by atoms with Gasteiger partial charge in [-0.15, -0.1) is 0 Å². The standard InChI is InChI=1S/C15H21N3O3/c1-9(2)21-15(19)17-13-7-5-10-8-11(4-6-12(10)13)14(16-3)18-20/h4,6,8-9,13,20H,5,7H2,1-3H3,(H,16,18)(H,17,19)/t13-/m0/s1. The molecule has 1 atom stereocenters. The number of carbonyl (C=O) groups excluding carboxylic acids is 1. The highest BCUT2D eigenvalue weighted by Crippen LogP contribution is 2.31. The summed E-state index contributed by atoms with van der Waals surface area (Å²) < 4.78 is 5.11. The van der Waals surface area contributed by atoms with Gasteiger partial charge < -0.3 is 10.1 Å². The monoisotopic (exact) mass is 291 g/mol. The maximum atomic E-state index is 11.7. The average molecular weight is 291 g/mol. The number of nitrogens with one attached hydrogen (secondary N) is 2. The van der Waals surface area contributed by atoms with E-state index in [0.29, 0.717) is 5.84 Å². The molecule has 1 aromatic carbocycles. The number of nitrogens with zero attached hydrogens (tertiary/aromatic N) is 1. The highest BCUT2D eigenvalue weighted by atomic mass is 16.6. The van der Waals surface area contributed by atoms with Gasteiger partial charge in [-0.1, -0.05) is 12.1 Å². The SMILES string of the molecule is CN=C(NO)c1ccc2c(c1)CC[C@@H]2NC(=O)OC(C)C. The van der Waals surface area contributed by atoms with E-state index in [9.17, 15) is 4.79 Å². The van der Waals surface area contributed by atoms with Crippen LogP contribution in [0.5, 0.6) is 0 Å². The zero-order chi connectivity index (χ0) is 15.4. The van der Waals surface area contributed by atoms with Crippen LogP contribution >= 0.6 is 0 Å². The molecular formula is C15H21N3O3. The van der Waals surface area contributed by atoms with Crippen LogP contribution in [-0.2, 0) is 11.2 Å². The number of hydrogen-bond donors (Lipinski definition) is 3. The van der Waals surface area contributed by atoms with Crippen molar-refractivity contribution >= 4 is 11.9 Å². The second kappa shape index (κ2) is 6.58. The number of carbonyl (C=O) groups is 1. The number of ether oxygens (including phenoxy) is 1. The number of rotatable bonds is 3. The number of fused-ring (bicyclic) bond motifs is 1. The normalized spacial score (nSPS) is 17.6. The van der Waals surface area contributed by atoms with Crippen LogP contribution in [0.15, 0.2) is 23.2 Å². The summed E-state index contributed by atoms with van der Waals surface area (Å²) in [5, 5.41) is 11.9. The lowest BCUT2D eigenvalue weighted by Crippen LogP contribution is -2.29. The van der Waals surface area contributed by atoms with E-state index in [-0.39, 0.29) is 18.2 Å². The molecule has 6 nitrogen and oxygen atoms in total. The zero-order valence-electron chi connectivity index (χ0n) is 12.5. The molecular weight excluding hydrogens is 270 g/mol. The number of aliphatic imine (C=N–C) groups is 1. The first kappa shape index (κ1) is 15.3. The van der Waals surface area contributed by atoms with Crippen molar-refractivity contribution in [3.8, 4) is 0 Å². The van der Waals surface area contributed by atoms with Gasteiger partial charge in [0, 0.05) is 12.6 Å². The lowest BCUT2D eigenvalue weighted by Gasteiger charge is -2.16. The van der Waals surface area contributed by atoms with Crippen molar-refractivity contribution in [2.75, 3.05) is 7.05 Å². The fourth-order valence-corrected chi connectivity index (χ4v) is 2.55. The van der Waals surface area contributed by atoms with E-state index in [2.05, 4.69) is 15.8 Å². The molecule has 0 fully saturated rings. The summed E-state index contributed by atoms with van der Waals surface area (Å²) in [7, 11) is 1.61. The van der Waals surface area contributed by atoms with Crippen LogP contribution in [0.2, 0.25) is 0 Å². The topological polar surface area (TPSA) is 83.0 Å². The molecule has 0 heterocycles. The molecule has 1 aromatic rings. The third-order valence-electron chi connectivity index (χ3n) is 3.46. The Labute approximate surface area is 124 Å². The summed E-state index contributed by atoms with van der Waals surface area (Å²) in [6.07, 6.45) is 1.20. The van der Waals surface area contributed by atoms with Crippen molar-refractivity contribution in [2.45, 2.75) is 38.8 Å². The predicted molar refractivity (Wildman–Crippen MR) is 79.6 cm³/mol. The van der Waals surface area contributed by atoms with Gasteiger partial charge in [-0.2, -0.15) is 0 Å². The molecule has 1 aliphatic rings. The van der Waals surface area contributed by atoms with E-state index >= 15 is 0 Å². The van der Waals surface area contributed by atoms with Crippen molar-refractivity contribution in [3.63, 3.8) is 0 Å². The van der Waals surface area contributed by atoms with Gasteiger partial charge in [0.1, 0.15) is 0 Å². The third-order valence-corrected chi connectivity index (χ3v) is 3.46. The Morgan fingerprint density at radius 3 is 2.86 bits per heavy atom. The Bertz CT molecular complexity index is 555. The Hall–Kier alpha value is -2.08. The Morgan fingerprint density at radius 2 is 2.24 bits per heavy atom. The highest BCUT2D eigenvalue weighted by molar-refractivity contribution is 5.98. The van der Waals surface area contributed by atoms with Crippen molar-refractivity contribution in [3.05, 3.63) is 34.9 Å². The minimum Gasteiger partial charge on any atom is -0.447 e. The van der Waals surface area contributed by atoms with Gasteiger partial charge in [0.25, 0.3) is 0 Å². The first-order chi connectivity index (χ1) is 10.0. The molecule has 0 unspecified atom stereocenters. The lowest BCUT2D eigenvalue weighted by molar-refractivity contribution is 0.112. The predicted octanol–water partition coefficient (Wildman–Crippen LogP) is 2.16. The van der Waals surface area contributed by atoms with Crippen LogP contribution in [-0.4, -0.2) is 30.3 Å². The first-order valence-corrected chi connectivity index (χ1v) is 7.02. The van der Waals surface area contributed by atoms with E-state index < -0.39 is 0 Å². The van der Waals surface area contributed by atoms with Gasteiger partial charge in [0.2, 0.25) is 0 Å². The molecule has 0 aliphatic heterocycles. The van der Waals surface area contributed by atoms with Gasteiger partial charge in [0.15, 0.2) is 5.84 Å². The number of benzene rings is 1. The maximum Gasteiger partial charge on any atom is 0.407 e. The Morgan fingerprint density at radius 1 is 1.48 bits per heavy atom. The maximum absolute atomic E-state index is 11.7. The van der Waals surface area contributed by atoms with Crippen LogP contribution in [0.4, 0.5) is 4.79 Å². The largest absolute Gasteiger partial charge is 0.447 e. The first-order valence-electron chi connectivity index (χ1n) is 7.02. The number of alkyl carbamates (subject to hydrolysis) is 1. The fourth-order valence-electron chi connectivity index (χ4n) is 2.55. The molecule has 0 spiro atoms. The van der Waals surface area contributed by atoms with E-state index in [1.807, 2.05) is 32.0 Å². The van der Waals surface area contributed by atoms with Crippen molar-refractivity contribution in [1.82, 2.24) is 10.8 Å². The van der Waals surface area contributed by atoms with Crippen LogP contribution in [0.1, 0.15) is 43.0 Å².